The molecule has 0 aliphatic heterocycles. The number of rotatable bonds is 6. The topological polar surface area (TPSA) is 46.5 Å². The van der Waals surface area contributed by atoms with Gasteiger partial charge in [-0.25, -0.2) is 0 Å². The van der Waals surface area contributed by atoms with Gasteiger partial charge in [-0.1, -0.05) is 48.5 Å². The molecule has 0 spiro atoms. The summed E-state index contributed by atoms with van der Waals surface area (Å²) in [6, 6.07) is 0. The Balaban J connectivity index is 1.60. The fraction of sp³-hybridized carbons (Fsp3) is 0.968. The van der Waals surface area contributed by atoms with E-state index in [9.17, 15) is 9.90 Å². The quantitative estimate of drug-likeness (QED) is 0.374. The number of carbonyl (C=O) groups is 1. The zero-order chi connectivity index (χ0) is 26.0. The summed E-state index contributed by atoms with van der Waals surface area (Å²) in [7, 11) is -1.81. The van der Waals surface area contributed by atoms with Gasteiger partial charge < -0.3 is 9.53 Å². The molecule has 0 saturated heterocycles. The maximum Gasteiger partial charge on any atom is 0.192 e. The van der Waals surface area contributed by atoms with Gasteiger partial charge in [0.25, 0.3) is 0 Å². The molecule has 3 nitrogen and oxygen atoms in total. The maximum absolute atomic E-state index is 14.4. The van der Waals surface area contributed by atoms with Gasteiger partial charge in [-0.15, -0.1) is 0 Å². The standard InChI is InChI=1S/C31H56O3Si/c1-10-22-26-19-21(34-35(8,9)29(3,4)5)13-16-31(26,7)25-14-17-30(6)23(20(2)15-18-32)11-12-24(30)27(25)28(22)33/h20-27,32H,10-19H2,1-9H3/t20-,21-,22-,23-,24?,25?,26+,27?,30-,31-/m1/s1. The summed E-state index contributed by atoms with van der Waals surface area (Å²) in [5.74, 6) is 3.91. The Labute approximate surface area is 217 Å². The summed E-state index contributed by atoms with van der Waals surface area (Å²) in [6.07, 6.45) is 10.7. The van der Waals surface area contributed by atoms with Crippen LogP contribution in [0.25, 0.3) is 0 Å². The SMILES string of the molecule is CC[C@H]1C(=O)C2C3CC[C@H]([C@H](C)CCO)[C@@]3(C)CCC2[C@@]2(C)CC[C@@H](O[Si](C)(C)C(C)(C)C)C[C@@H]12. The number of fused-ring (bicyclic) bond motifs is 5. The maximum atomic E-state index is 14.4. The average Bonchev–Trinajstić information content (AvgIpc) is 3.11. The van der Waals surface area contributed by atoms with Crippen molar-refractivity contribution in [3.05, 3.63) is 0 Å². The Morgan fingerprint density at radius 2 is 1.66 bits per heavy atom. The molecule has 202 valence electrons. The van der Waals surface area contributed by atoms with E-state index in [0.29, 0.717) is 48.1 Å². The Morgan fingerprint density at radius 1 is 1.03 bits per heavy atom. The van der Waals surface area contributed by atoms with Gasteiger partial charge in [-0.3, -0.25) is 4.79 Å². The van der Waals surface area contributed by atoms with E-state index in [-0.39, 0.29) is 27.7 Å². The van der Waals surface area contributed by atoms with Crippen LogP contribution in [0.5, 0.6) is 0 Å². The van der Waals surface area contributed by atoms with Crippen LogP contribution in [0.1, 0.15) is 106 Å². The minimum atomic E-state index is -1.81. The number of aliphatic hydroxyl groups is 1. The van der Waals surface area contributed by atoms with Gasteiger partial charge in [0, 0.05) is 24.5 Å². The molecule has 10 atom stereocenters. The van der Waals surface area contributed by atoms with Crippen LogP contribution in [0.4, 0.5) is 0 Å². The van der Waals surface area contributed by atoms with Crippen molar-refractivity contribution in [3.63, 3.8) is 0 Å². The molecule has 4 fully saturated rings. The molecular formula is C31H56O3Si. The Bertz CT molecular complexity index is 787. The number of hydrogen-bond donors (Lipinski definition) is 1. The van der Waals surface area contributed by atoms with E-state index in [2.05, 4.69) is 61.6 Å². The molecule has 0 radical (unpaired) electrons. The minimum Gasteiger partial charge on any atom is -0.414 e. The molecule has 4 aliphatic carbocycles. The molecule has 3 unspecified atom stereocenters. The van der Waals surface area contributed by atoms with E-state index in [4.69, 9.17) is 4.43 Å². The predicted molar refractivity (Wildman–Crippen MR) is 148 cm³/mol. The second-order valence-electron chi connectivity index (χ2n) is 15.3. The van der Waals surface area contributed by atoms with Crippen LogP contribution in [0.3, 0.4) is 0 Å². The molecule has 4 rings (SSSR count). The van der Waals surface area contributed by atoms with Crippen LogP contribution in [-0.2, 0) is 9.22 Å². The zero-order valence-electron chi connectivity index (χ0n) is 24.5. The van der Waals surface area contributed by atoms with Gasteiger partial charge >= 0.3 is 0 Å². The van der Waals surface area contributed by atoms with E-state index >= 15 is 0 Å². The van der Waals surface area contributed by atoms with Crippen LogP contribution >= 0.6 is 0 Å². The highest BCUT2D eigenvalue weighted by Gasteiger charge is 2.65. The number of aliphatic hydroxyl groups excluding tert-OH is 1. The van der Waals surface area contributed by atoms with Gasteiger partial charge in [0.05, 0.1) is 0 Å². The summed E-state index contributed by atoms with van der Waals surface area (Å²) >= 11 is 0. The van der Waals surface area contributed by atoms with Gasteiger partial charge in [-0.2, -0.15) is 0 Å². The molecule has 4 aliphatic rings. The number of hydrogen-bond acceptors (Lipinski definition) is 3. The van der Waals surface area contributed by atoms with Gasteiger partial charge in [0.15, 0.2) is 8.32 Å². The first-order valence-corrected chi connectivity index (χ1v) is 17.9. The normalized spacial score (nSPS) is 45.0. The molecule has 0 amide bonds. The van der Waals surface area contributed by atoms with Gasteiger partial charge in [-0.05, 0) is 116 Å². The highest BCUT2D eigenvalue weighted by atomic mass is 28.4. The molecule has 0 heterocycles. The van der Waals surface area contributed by atoms with Crippen molar-refractivity contribution in [2.24, 2.45) is 52.3 Å². The third kappa shape index (κ3) is 4.44. The second-order valence-corrected chi connectivity index (χ2v) is 20.0. The van der Waals surface area contributed by atoms with E-state index in [0.717, 1.165) is 19.3 Å². The van der Waals surface area contributed by atoms with Crippen LogP contribution in [0, 0.1) is 52.3 Å². The molecule has 4 heteroatoms. The fourth-order valence-electron chi connectivity index (χ4n) is 9.70. The van der Waals surface area contributed by atoms with Crippen molar-refractivity contribution < 1.29 is 14.3 Å². The molecule has 0 aromatic carbocycles. The third-order valence-corrected chi connectivity index (χ3v) is 17.3. The summed E-state index contributed by atoms with van der Waals surface area (Å²) in [6.45, 7) is 21.8. The second kappa shape index (κ2) is 9.52. The van der Waals surface area contributed by atoms with Crippen molar-refractivity contribution >= 4 is 14.1 Å². The Kier molecular flexibility index (Phi) is 7.57. The van der Waals surface area contributed by atoms with Gasteiger partial charge in [0.2, 0.25) is 0 Å². The molecular weight excluding hydrogens is 448 g/mol. The van der Waals surface area contributed by atoms with Crippen LogP contribution < -0.4 is 0 Å². The Hall–Kier alpha value is -0.193. The molecule has 1 N–H and O–H groups in total. The van der Waals surface area contributed by atoms with Crippen LogP contribution in [-0.4, -0.2) is 31.9 Å². The van der Waals surface area contributed by atoms with Crippen molar-refractivity contribution in [2.75, 3.05) is 6.61 Å². The molecule has 35 heavy (non-hydrogen) atoms. The predicted octanol–water partition coefficient (Wildman–Crippen LogP) is 7.87. The van der Waals surface area contributed by atoms with Crippen LogP contribution in [0.15, 0.2) is 0 Å². The van der Waals surface area contributed by atoms with E-state index in [1.807, 2.05) is 0 Å². The van der Waals surface area contributed by atoms with Gasteiger partial charge in [0.1, 0.15) is 5.78 Å². The molecule has 0 aromatic rings. The fourth-order valence-corrected chi connectivity index (χ4v) is 11.1. The summed E-state index contributed by atoms with van der Waals surface area (Å²) in [5.41, 5.74) is 0.554. The van der Waals surface area contributed by atoms with Crippen LogP contribution in [0.2, 0.25) is 18.1 Å². The third-order valence-electron chi connectivity index (χ3n) is 12.7. The molecule has 0 aromatic heterocycles. The lowest BCUT2D eigenvalue weighted by molar-refractivity contribution is -0.172. The highest BCUT2D eigenvalue weighted by molar-refractivity contribution is 6.74. The van der Waals surface area contributed by atoms with Crippen molar-refractivity contribution in [2.45, 2.75) is 130 Å². The summed E-state index contributed by atoms with van der Waals surface area (Å²) in [4.78, 5) is 14.4. The van der Waals surface area contributed by atoms with E-state index < -0.39 is 8.32 Å². The lowest BCUT2D eigenvalue weighted by Crippen LogP contribution is -2.61. The van der Waals surface area contributed by atoms with E-state index in [1.165, 1.54) is 38.5 Å². The number of ketones is 1. The first-order valence-electron chi connectivity index (χ1n) is 15.0. The number of Topliss-reactive ketones (excluding diaryl/α,β-unsaturated/α-hetero) is 1. The van der Waals surface area contributed by atoms with Crippen molar-refractivity contribution in [1.29, 1.82) is 0 Å². The average molecular weight is 505 g/mol. The summed E-state index contributed by atoms with van der Waals surface area (Å²) in [5, 5.41) is 9.84. The summed E-state index contributed by atoms with van der Waals surface area (Å²) < 4.78 is 6.96. The first kappa shape index (κ1) is 27.8. The molecule has 4 saturated carbocycles. The highest BCUT2D eigenvalue weighted by Crippen LogP contribution is 2.69. The largest absolute Gasteiger partial charge is 0.414 e. The van der Waals surface area contributed by atoms with Crippen molar-refractivity contribution in [3.8, 4) is 0 Å². The molecule has 0 bridgehead atoms. The first-order chi connectivity index (χ1) is 16.2. The van der Waals surface area contributed by atoms with E-state index in [1.54, 1.807) is 0 Å². The monoisotopic (exact) mass is 504 g/mol. The lowest BCUT2D eigenvalue weighted by Gasteiger charge is -2.62. The Morgan fingerprint density at radius 3 is 2.26 bits per heavy atom. The lowest BCUT2D eigenvalue weighted by atomic mass is 9.42. The number of carbonyl (C=O) groups excluding carboxylic acids is 1. The van der Waals surface area contributed by atoms with Crippen molar-refractivity contribution in [1.82, 2.24) is 0 Å². The minimum absolute atomic E-state index is 0.211. The smallest absolute Gasteiger partial charge is 0.192 e. The zero-order valence-corrected chi connectivity index (χ0v) is 25.5.